The normalized spacial score (nSPS) is 33.3. The average molecular weight is 307 g/mol. The molecule has 1 aliphatic carbocycles. The van der Waals surface area contributed by atoms with E-state index in [1.54, 1.807) is 0 Å². The van der Waals surface area contributed by atoms with Gasteiger partial charge in [0.15, 0.2) is 0 Å². The van der Waals surface area contributed by atoms with Crippen LogP contribution in [-0.2, 0) is 0 Å². The van der Waals surface area contributed by atoms with E-state index in [1.165, 1.54) is 24.2 Å². The third kappa shape index (κ3) is 3.90. The zero-order valence-corrected chi connectivity index (χ0v) is 13.0. The van der Waals surface area contributed by atoms with Crippen molar-refractivity contribution in [3.63, 3.8) is 0 Å². The Morgan fingerprint density at radius 3 is 2.33 bits per heavy atom. The van der Waals surface area contributed by atoms with Gasteiger partial charge in [-0.05, 0) is 18.8 Å². The molecule has 3 nitrogen and oxygen atoms in total. The van der Waals surface area contributed by atoms with E-state index in [-0.39, 0.29) is 5.54 Å². The Balaban J connectivity index is 1.98. The van der Waals surface area contributed by atoms with Gasteiger partial charge in [0.05, 0.1) is 6.54 Å². The van der Waals surface area contributed by atoms with Gasteiger partial charge in [-0.15, -0.1) is 0 Å². The Kier molecular flexibility index (Phi) is 5.54. The molecule has 0 bridgehead atoms. The van der Waals surface area contributed by atoms with Gasteiger partial charge >= 0.3 is 6.18 Å². The van der Waals surface area contributed by atoms with E-state index in [0.29, 0.717) is 38.6 Å². The molecule has 1 heterocycles. The lowest BCUT2D eigenvalue weighted by molar-refractivity contribution is -0.152. The molecule has 0 aromatic carbocycles. The molecule has 0 radical (unpaired) electrons. The highest BCUT2D eigenvalue weighted by atomic mass is 19.4. The molecule has 6 heteroatoms. The lowest BCUT2D eigenvalue weighted by Gasteiger charge is -2.53. The van der Waals surface area contributed by atoms with Crippen LogP contribution >= 0.6 is 0 Å². The molecule has 1 aliphatic heterocycles. The van der Waals surface area contributed by atoms with Gasteiger partial charge in [-0.1, -0.05) is 26.2 Å². The summed E-state index contributed by atoms with van der Waals surface area (Å²) in [5.74, 6) is 0.588. The fourth-order valence-corrected chi connectivity index (χ4v) is 4.30. The van der Waals surface area contributed by atoms with Crippen molar-refractivity contribution in [3.05, 3.63) is 0 Å². The first-order valence-electron chi connectivity index (χ1n) is 8.15. The second kappa shape index (κ2) is 6.84. The Morgan fingerprint density at radius 1 is 1.14 bits per heavy atom. The SMILES string of the molecule is CCC1CCCCC1(CN)N1CCN(CC(F)(F)F)CC1. The lowest BCUT2D eigenvalue weighted by Crippen LogP contribution is -2.64. The van der Waals surface area contributed by atoms with Gasteiger partial charge in [0.2, 0.25) is 0 Å². The highest BCUT2D eigenvalue weighted by molar-refractivity contribution is 5.00. The summed E-state index contributed by atoms with van der Waals surface area (Å²) in [6.07, 6.45) is 1.77. The van der Waals surface area contributed by atoms with Crippen LogP contribution in [0.25, 0.3) is 0 Å². The topological polar surface area (TPSA) is 32.5 Å². The number of rotatable bonds is 4. The van der Waals surface area contributed by atoms with E-state index >= 15 is 0 Å². The molecular formula is C15H28F3N3. The Bertz CT molecular complexity index is 327. The molecule has 2 fully saturated rings. The minimum absolute atomic E-state index is 0.0251. The van der Waals surface area contributed by atoms with Crippen LogP contribution < -0.4 is 5.73 Å². The molecule has 2 unspecified atom stereocenters. The lowest BCUT2D eigenvalue weighted by atomic mass is 9.70. The minimum Gasteiger partial charge on any atom is -0.329 e. The second-order valence-electron chi connectivity index (χ2n) is 6.54. The number of nitrogens with zero attached hydrogens (tertiary/aromatic N) is 2. The van der Waals surface area contributed by atoms with Crippen LogP contribution in [0.4, 0.5) is 13.2 Å². The molecule has 0 spiro atoms. The van der Waals surface area contributed by atoms with Crippen LogP contribution in [0.15, 0.2) is 0 Å². The number of alkyl halides is 3. The molecule has 1 saturated heterocycles. The van der Waals surface area contributed by atoms with Crippen molar-refractivity contribution in [3.8, 4) is 0 Å². The third-order valence-corrected chi connectivity index (χ3v) is 5.42. The molecule has 2 N–H and O–H groups in total. The monoisotopic (exact) mass is 307 g/mol. The number of hydrogen-bond donors (Lipinski definition) is 1. The molecule has 0 aromatic heterocycles. The molecular weight excluding hydrogens is 279 g/mol. The maximum absolute atomic E-state index is 12.5. The predicted octanol–water partition coefficient (Wildman–Crippen LogP) is 2.46. The van der Waals surface area contributed by atoms with Gasteiger partial charge in [0.1, 0.15) is 0 Å². The van der Waals surface area contributed by atoms with E-state index in [0.717, 1.165) is 12.8 Å². The quantitative estimate of drug-likeness (QED) is 0.866. The summed E-state index contributed by atoms with van der Waals surface area (Å²) in [4.78, 5) is 3.91. The van der Waals surface area contributed by atoms with E-state index in [9.17, 15) is 13.2 Å². The number of halogens is 3. The Labute approximate surface area is 125 Å². The van der Waals surface area contributed by atoms with Crippen molar-refractivity contribution in [2.24, 2.45) is 11.7 Å². The largest absolute Gasteiger partial charge is 0.401 e. The van der Waals surface area contributed by atoms with Crippen molar-refractivity contribution in [1.82, 2.24) is 9.80 Å². The summed E-state index contributed by atoms with van der Waals surface area (Å²) in [5, 5.41) is 0. The van der Waals surface area contributed by atoms with Crippen molar-refractivity contribution in [2.45, 2.75) is 50.7 Å². The molecule has 2 aliphatic rings. The minimum atomic E-state index is -4.09. The average Bonchev–Trinajstić information content (AvgIpc) is 2.46. The first-order valence-corrected chi connectivity index (χ1v) is 8.15. The fourth-order valence-electron chi connectivity index (χ4n) is 4.30. The van der Waals surface area contributed by atoms with Gasteiger partial charge in [-0.25, -0.2) is 0 Å². The first-order chi connectivity index (χ1) is 9.91. The van der Waals surface area contributed by atoms with E-state index < -0.39 is 12.7 Å². The van der Waals surface area contributed by atoms with E-state index in [2.05, 4.69) is 11.8 Å². The van der Waals surface area contributed by atoms with Gasteiger partial charge < -0.3 is 5.73 Å². The fraction of sp³-hybridized carbons (Fsp3) is 1.00. The maximum atomic E-state index is 12.5. The Morgan fingerprint density at radius 2 is 1.81 bits per heavy atom. The summed E-state index contributed by atoms with van der Waals surface area (Å²) in [5.41, 5.74) is 6.16. The second-order valence-corrected chi connectivity index (χ2v) is 6.54. The van der Waals surface area contributed by atoms with Crippen LogP contribution in [0.2, 0.25) is 0 Å². The van der Waals surface area contributed by atoms with Gasteiger partial charge in [-0.2, -0.15) is 13.2 Å². The predicted molar refractivity (Wildman–Crippen MR) is 78.1 cm³/mol. The highest BCUT2D eigenvalue weighted by Crippen LogP contribution is 2.40. The smallest absolute Gasteiger partial charge is 0.329 e. The summed E-state index contributed by atoms with van der Waals surface area (Å²) in [6, 6.07) is 0. The Hall–Kier alpha value is -0.330. The van der Waals surface area contributed by atoms with Crippen LogP contribution in [0, 0.1) is 5.92 Å². The summed E-state index contributed by atoms with van der Waals surface area (Å²) < 4.78 is 37.4. The van der Waals surface area contributed by atoms with Crippen LogP contribution in [-0.4, -0.2) is 60.8 Å². The van der Waals surface area contributed by atoms with Crippen molar-refractivity contribution < 1.29 is 13.2 Å². The molecule has 2 atom stereocenters. The van der Waals surface area contributed by atoms with Gasteiger partial charge in [0.25, 0.3) is 0 Å². The molecule has 124 valence electrons. The summed E-state index contributed by atoms with van der Waals surface area (Å²) in [6.45, 7) is 4.47. The third-order valence-electron chi connectivity index (χ3n) is 5.42. The van der Waals surface area contributed by atoms with Crippen LogP contribution in [0.5, 0.6) is 0 Å². The van der Waals surface area contributed by atoms with Gasteiger partial charge in [-0.3, -0.25) is 9.80 Å². The molecule has 0 aromatic rings. The van der Waals surface area contributed by atoms with Crippen LogP contribution in [0.3, 0.4) is 0 Å². The zero-order chi connectivity index (χ0) is 15.5. The number of piperazine rings is 1. The summed E-state index contributed by atoms with van der Waals surface area (Å²) >= 11 is 0. The van der Waals surface area contributed by atoms with Crippen molar-refractivity contribution >= 4 is 0 Å². The summed E-state index contributed by atoms with van der Waals surface area (Å²) in [7, 11) is 0. The number of hydrogen-bond acceptors (Lipinski definition) is 3. The zero-order valence-electron chi connectivity index (χ0n) is 13.0. The van der Waals surface area contributed by atoms with Crippen molar-refractivity contribution in [1.29, 1.82) is 0 Å². The maximum Gasteiger partial charge on any atom is 0.401 e. The molecule has 0 amide bonds. The standard InChI is InChI=1S/C15H28F3N3/c1-2-13-5-3-4-6-14(13,11-19)21-9-7-20(8-10-21)12-15(16,17)18/h13H,2-12,19H2,1H3. The molecule has 2 rings (SSSR count). The van der Waals surface area contributed by atoms with E-state index in [1.807, 2.05) is 0 Å². The van der Waals surface area contributed by atoms with E-state index in [4.69, 9.17) is 5.73 Å². The van der Waals surface area contributed by atoms with Crippen molar-refractivity contribution in [2.75, 3.05) is 39.3 Å². The van der Waals surface area contributed by atoms with Gasteiger partial charge in [0, 0.05) is 38.3 Å². The van der Waals surface area contributed by atoms with Crippen LogP contribution in [0.1, 0.15) is 39.0 Å². The number of nitrogens with two attached hydrogens (primary N) is 1. The first kappa shape index (κ1) is 17.0. The molecule has 1 saturated carbocycles. The molecule has 21 heavy (non-hydrogen) atoms. The highest BCUT2D eigenvalue weighted by Gasteiger charge is 2.44.